The van der Waals surface area contributed by atoms with Gasteiger partial charge in [0.1, 0.15) is 23.8 Å². The monoisotopic (exact) mass is 146 g/mol. The fourth-order valence-corrected chi connectivity index (χ4v) is 0.727. The van der Waals surface area contributed by atoms with E-state index in [9.17, 15) is 0 Å². The lowest BCUT2D eigenvalue weighted by Gasteiger charge is -1.88. The third-order valence-corrected chi connectivity index (χ3v) is 1.20. The van der Waals surface area contributed by atoms with E-state index >= 15 is 0 Å². The third kappa shape index (κ3) is 1.10. The zero-order chi connectivity index (χ0) is 7.52. The summed E-state index contributed by atoms with van der Waals surface area (Å²) < 4.78 is 4.63. The Labute approximate surface area is 62.9 Å². The minimum Gasteiger partial charge on any atom is -0.364 e. The fraction of sp³-hybridized carbons (Fsp3) is 0. The molecule has 0 N–H and O–H groups in total. The molecule has 0 saturated heterocycles. The van der Waals surface area contributed by atoms with Crippen molar-refractivity contribution in [2.45, 2.75) is 0 Å². The van der Waals surface area contributed by atoms with Gasteiger partial charge in [0.15, 0.2) is 0 Å². The zero-order valence-electron chi connectivity index (χ0n) is 5.56. The van der Waals surface area contributed by atoms with Crippen LogP contribution in [0.3, 0.4) is 0 Å². The van der Waals surface area contributed by atoms with Crippen LogP contribution in [-0.4, -0.2) is 15.1 Å². The second-order valence-electron chi connectivity index (χ2n) is 1.90. The highest BCUT2D eigenvalue weighted by molar-refractivity contribution is 5.49. The second-order valence-corrected chi connectivity index (χ2v) is 1.90. The molecule has 53 valence electrons. The Morgan fingerprint density at radius 3 is 3.00 bits per heavy atom. The van der Waals surface area contributed by atoms with Crippen LogP contribution < -0.4 is 0 Å². The van der Waals surface area contributed by atoms with Crippen LogP contribution >= 0.6 is 0 Å². The van der Waals surface area contributed by atoms with Gasteiger partial charge in [-0.25, -0.2) is 0 Å². The summed E-state index contributed by atoms with van der Waals surface area (Å²) in [6, 6.07) is 1.71. The van der Waals surface area contributed by atoms with E-state index in [4.69, 9.17) is 0 Å². The van der Waals surface area contributed by atoms with Crippen molar-refractivity contribution >= 4 is 0 Å². The van der Waals surface area contributed by atoms with Crippen LogP contribution in [0, 0.1) is 6.20 Å². The van der Waals surface area contributed by atoms with Crippen LogP contribution in [0.2, 0.25) is 0 Å². The van der Waals surface area contributed by atoms with Crippen molar-refractivity contribution in [2.75, 3.05) is 0 Å². The predicted molar refractivity (Wildman–Crippen MR) is 36.4 cm³/mol. The van der Waals surface area contributed by atoms with Gasteiger partial charge < -0.3 is 4.52 Å². The second kappa shape index (κ2) is 2.49. The largest absolute Gasteiger partial charge is 0.364 e. The van der Waals surface area contributed by atoms with E-state index in [0.29, 0.717) is 11.4 Å². The lowest BCUT2D eigenvalue weighted by atomic mass is 10.3. The highest BCUT2D eigenvalue weighted by atomic mass is 16.5. The molecule has 2 rings (SSSR count). The van der Waals surface area contributed by atoms with Crippen molar-refractivity contribution < 1.29 is 4.52 Å². The Bertz CT molecular complexity index is 317. The lowest BCUT2D eigenvalue weighted by molar-refractivity contribution is 0.422. The maximum absolute atomic E-state index is 4.63. The first-order valence-electron chi connectivity index (χ1n) is 3.06. The summed E-state index contributed by atoms with van der Waals surface area (Å²) in [6.07, 6.45) is 7.31. The van der Waals surface area contributed by atoms with Gasteiger partial charge in [0, 0.05) is 18.5 Å². The molecule has 0 aliphatic rings. The Morgan fingerprint density at radius 2 is 2.36 bits per heavy atom. The maximum Gasteiger partial charge on any atom is 0.134 e. The molecule has 2 heterocycles. The molecule has 2 aromatic heterocycles. The van der Waals surface area contributed by atoms with Crippen molar-refractivity contribution in [1.29, 1.82) is 0 Å². The van der Waals surface area contributed by atoms with Gasteiger partial charge in [-0.2, -0.15) is 0 Å². The van der Waals surface area contributed by atoms with E-state index in [1.165, 1.54) is 6.26 Å². The first-order valence-corrected chi connectivity index (χ1v) is 3.06. The number of hydrogen-bond donors (Lipinski definition) is 0. The maximum atomic E-state index is 4.63. The Kier molecular flexibility index (Phi) is 1.37. The molecule has 0 aliphatic carbocycles. The Hall–Kier alpha value is -1.71. The van der Waals surface area contributed by atoms with Crippen LogP contribution in [-0.2, 0) is 0 Å². The summed E-state index contributed by atoms with van der Waals surface area (Å²) in [5.74, 6) is 0. The van der Waals surface area contributed by atoms with Gasteiger partial charge in [-0.05, 0) is 0 Å². The molecule has 0 saturated carbocycles. The molecule has 0 fully saturated rings. The minimum absolute atomic E-state index is 0.598. The molecule has 1 radical (unpaired) electrons. The molecule has 0 bridgehead atoms. The van der Waals surface area contributed by atoms with Gasteiger partial charge in [0.2, 0.25) is 0 Å². The Morgan fingerprint density at radius 1 is 1.36 bits per heavy atom. The molecular weight excluding hydrogens is 142 g/mol. The standard InChI is InChI=1S/C7H4N3O/c1-4-11-10-6(1)7-5-8-2-3-9-7/h1-4H. The van der Waals surface area contributed by atoms with E-state index < -0.39 is 0 Å². The SMILES string of the molecule is [c]1nccnc1-c1ccon1. The fourth-order valence-electron chi connectivity index (χ4n) is 0.727. The summed E-state index contributed by atoms with van der Waals surface area (Å²) in [4.78, 5) is 7.75. The van der Waals surface area contributed by atoms with Gasteiger partial charge >= 0.3 is 0 Å². The topological polar surface area (TPSA) is 51.8 Å². The third-order valence-electron chi connectivity index (χ3n) is 1.20. The van der Waals surface area contributed by atoms with E-state index in [1.807, 2.05) is 0 Å². The molecule has 0 aliphatic heterocycles. The Balaban J connectivity index is 2.46. The van der Waals surface area contributed by atoms with Crippen LogP contribution in [0.5, 0.6) is 0 Å². The van der Waals surface area contributed by atoms with Gasteiger partial charge in [-0.3, -0.25) is 9.97 Å². The van der Waals surface area contributed by atoms with E-state index in [-0.39, 0.29) is 0 Å². The highest BCUT2D eigenvalue weighted by Gasteiger charge is 2.00. The highest BCUT2D eigenvalue weighted by Crippen LogP contribution is 2.09. The molecule has 11 heavy (non-hydrogen) atoms. The average molecular weight is 146 g/mol. The summed E-state index contributed by atoms with van der Waals surface area (Å²) in [5, 5.41) is 3.68. The van der Waals surface area contributed by atoms with Gasteiger partial charge in [0.05, 0.1) is 0 Å². The number of aromatic nitrogens is 3. The number of nitrogens with zero attached hydrogens (tertiary/aromatic N) is 3. The van der Waals surface area contributed by atoms with E-state index in [2.05, 4.69) is 25.8 Å². The minimum atomic E-state index is 0.598. The van der Waals surface area contributed by atoms with Crippen LogP contribution in [0.1, 0.15) is 0 Å². The van der Waals surface area contributed by atoms with Crippen LogP contribution in [0.25, 0.3) is 11.4 Å². The summed E-state index contributed by atoms with van der Waals surface area (Å²) >= 11 is 0. The van der Waals surface area contributed by atoms with Gasteiger partial charge in [0.25, 0.3) is 0 Å². The average Bonchev–Trinajstić information content (AvgIpc) is 2.58. The summed E-state index contributed by atoms with van der Waals surface area (Å²) in [5.41, 5.74) is 1.25. The molecule has 4 heteroatoms. The number of hydrogen-bond acceptors (Lipinski definition) is 4. The summed E-state index contributed by atoms with van der Waals surface area (Å²) in [7, 11) is 0. The lowest BCUT2D eigenvalue weighted by Crippen LogP contribution is -1.83. The molecule has 4 nitrogen and oxygen atoms in total. The van der Waals surface area contributed by atoms with E-state index in [0.717, 1.165) is 0 Å². The van der Waals surface area contributed by atoms with Crippen molar-refractivity contribution in [3.8, 4) is 11.4 Å². The molecule has 0 unspecified atom stereocenters. The molecule has 2 aromatic rings. The van der Waals surface area contributed by atoms with Crippen molar-refractivity contribution in [1.82, 2.24) is 15.1 Å². The first kappa shape index (κ1) is 6.03. The quantitative estimate of drug-likeness (QED) is 0.600. The zero-order valence-corrected chi connectivity index (χ0v) is 5.56. The van der Waals surface area contributed by atoms with Crippen molar-refractivity contribution in [3.63, 3.8) is 0 Å². The normalized spacial score (nSPS) is 9.82. The molecule has 0 spiro atoms. The van der Waals surface area contributed by atoms with Gasteiger partial charge in [-0.15, -0.1) is 0 Å². The molecule has 0 aromatic carbocycles. The molecule has 0 atom stereocenters. The number of rotatable bonds is 1. The van der Waals surface area contributed by atoms with Crippen molar-refractivity contribution in [2.24, 2.45) is 0 Å². The first-order chi connectivity index (χ1) is 5.47. The van der Waals surface area contributed by atoms with Crippen molar-refractivity contribution in [3.05, 3.63) is 30.9 Å². The van der Waals surface area contributed by atoms with Gasteiger partial charge in [-0.1, -0.05) is 5.16 Å². The smallest absolute Gasteiger partial charge is 0.134 e. The predicted octanol–water partition coefficient (Wildman–Crippen LogP) is 0.932. The van der Waals surface area contributed by atoms with E-state index in [1.54, 1.807) is 18.5 Å². The van der Waals surface area contributed by atoms with Crippen LogP contribution in [0.4, 0.5) is 0 Å². The molecule has 0 amide bonds. The molecular formula is C7H4N3O. The summed E-state index contributed by atoms with van der Waals surface area (Å²) in [6.45, 7) is 0. The van der Waals surface area contributed by atoms with Crippen LogP contribution in [0.15, 0.2) is 29.2 Å².